The van der Waals surface area contributed by atoms with Gasteiger partial charge in [-0.15, -0.1) is 0 Å². The summed E-state index contributed by atoms with van der Waals surface area (Å²) in [4.78, 5) is 20.9. The minimum Gasteiger partial charge on any atom is -0.494 e. The second-order valence-electron chi connectivity index (χ2n) is 4.71. The summed E-state index contributed by atoms with van der Waals surface area (Å²) in [7, 11) is 0. The van der Waals surface area contributed by atoms with Gasteiger partial charge in [0.15, 0.2) is 6.29 Å². The van der Waals surface area contributed by atoms with Crippen LogP contribution in [0.3, 0.4) is 0 Å². The molecule has 0 amide bonds. The van der Waals surface area contributed by atoms with Gasteiger partial charge in [0.2, 0.25) is 0 Å². The molecule has 0 spiro atoms. The molecule has 0 unspecified atom stereocenters. The molecule has 0 aliphatic rings. The number of carbonyl (C=O) groups is 1. The zero-order chi connectivity index (χ0) is 14.8. The van der Waals surface area contributed by atoms with Crippen LogP contribution in [0, 0.1) is 10.1 Å². The maximum absolute atomic E-state index is 10.8. The molecule has 0 N–H and O–H groups in total. The van der Waals surface area contributed by atoms with E-state index in [4.69, 9.17) is 4.74 Å². The second-order valence-corrected chi connectivity index (χ2v) is 4.71. The number of nitro groups is 1. The van der Waals surface area contributed by atoms with Crippen molar-refractivity contribution in [3.63, 3.8) is 0 Å². The van der Waals surface area contributed by atoms with Crippen LogP contribution in [-0.4, -0.2) is 17.8 Å². The molecule has 1 aromatic rings. The highest BCUT2D eigenvalue weighted by atomic mass is 16.6. The van der Waals surface area contributed by atoms with Crippen LogP contribution in [0.25, 0.3) is 0 Å². The average Bonchev–Trinajstić information content (AvgIpc) is 2.45. The van der Waals surface area contributed by atoms with Gasteiger partial charge in [-0.25, -0.2) is 0 Å². The Morgan fingerprint density at radius 2 is 1.90 bits per heavy atom. The molecular weight excluding hydrogens is 258 g/mol. The molecular formula is C15H21NO4. The molecule has 0 saturated heterocycles. The summed E-state index contributed by atoms with van der Waals surface area (Å²) in [6.45, 7) is 2.75. The number of ether oxygens (including phenoxy) is 1. The smallest absolute Gasteiger partial charge is 0.280 e. The van der Waals surface area contributed by atoms with Crippen LogP contribution in [0.2, 0.25) is 0 Å². The van der Waals surface area contributed by atoms with E-state index in [1.807, 2.05) is 0 Å². The summed E-state index contributed by atoms with van der Waals surface area (Å²) in [6.07, 6.45) is 7.51. The second kappa shape index (κ2) is 9.07. The van der Waals surface area contributed by atoms with Crippen LogP contribution in [0.1, 0.15) is 55.8 Å². The fourth-order valence-electron chi connectivity index (χ4n) is 1.96. The highest BCUT2D eigenvalue weighted by Gasteiger charge is 2.13. The van der Waals surface area contributed by atoms with E-state index in [0.29, 0.717) is 18.6 Å². The predicted octanol–water partition coefficient (Wildman–Crippen LogP) is 4.15. The van der Waals surface area contributed by atoms with Crippen molar-refractivity contribution in [3.05, 3.63) is 33.9 Å². The van der Waals surface area contributed by atoms with Gasteiger partial charge in [-0.1, -0.05) is 39.0 Å². The molecule has 0 atom stereocenters. The van der Waals surface area contributed by atoms with E-state index >= 15 is 0 Å². The summed E-state index contributed by atoms with van der Waals surface area (Å²) >= 11 is 0. The molecule has 1 rings (SSSR count). The Bertz CT molecular complexity index is 445. The predicted molar refractivity (Wildman–Crippen MR) is 77.4 cm³/mol. The number of unbranched alkanes of at least 4 members (excludes halogenated alkanes) is 5. The SMILES string of the molecule is CCCCCCCCOc1ccc([N+](=O)[O-])c(C=O)c1. The van der Waals surface area contributed by atoms with Gasteiger partial charge in [0.1, 0.15) is 5.75 Å². The van der Waals surface area contributed by atoms with E-state index in [1.165, 1.54) is 43.9 Å². The number of benzene rings is 1. The monoisotopic (exact) mass is 279 g/mol. The van der Waals surface area contributed by atoms with E-state index in [9.17, 15) is 14.9 Å². The van der Waals surface area contributed by atoms with Gasteiger partial charge in [0, 0.05) is 6.07 Å². The molecule has 0 bridgehead atoms. The Balaban J connectivity index is 2.37. The molecule has 0 fully saturated rings. The third-order valence-corrected chi connectivity index (χ3v) is 3.09. The maximum Gasteiger partial charge on any atom is 0.280 e. The van der Waals surface area contributed by atoms with Crippen LogP contribution >= 0.6 is 0 Å². The molecule has 110 valence electrons. The normalized spacial score (nSPS) is 10.2. The van der Waals surface area contributed by atoms with Gasteiger partial charge in [-0.2, -0.15) is 0 Å². The summed E-state index contributed by atoms with van der Waals surface area (Å²) in [5.41, 5.74) is -0.137. The Kier molecular flexibility index (Phi) is 7.32. The van der Waals surface area contributed by atoms with E-state index in [1.54, 1.807) is 0 Å². The van der Waals surface area contributed by atoms with Crippen molar-refractivity contribution < 1.29 is 14.5 Å². The first-order valence-corrected chi connectivity index (χ1v) is 7.05. The quantitative estimate of drug-likeness (QED) is 0.279. The summed E-state index contributed by atoms with van der Waals surface area (Å²) in [6, 6.07) is 4.25. The number of hydrogen-bond donors (Lipinski definition) is 0. The average molecular weight is 279 g/mol. The third-order valence-electron chi connectivity index (χ3n) is 3.09. The highest BCUT2D eigenvalue weighted by Crippen LogP contribution is 2.22. The molecule has 5 nitrogen and oxygen atoms in total. The van der Waals surface area contributed by atoms with Crippen LogP contribution in [0.15, 0.2) is 18.2 Å². The first-order valence-electron chi connectivity index (χ1n) is 7.05. The third kappa shape index (κ3) is 5.38. The van der Waals surface area contributed by atoms with E-state index in [2.05, 4.69) is 6.92 Å². The molecule has 5 heteroatoms. The number of nitrogens with zero attached hydrogens (tertiary/aromatic N) is 1. The zero-order valence-electron chi connectivity index (χ0n) is 11.8. The fraction of sp³-hybridized carbons (Fsp3) is 0.533. The Hall–Kier alpha value is -1.91. The summed E-state index contributed by atoms with van der Waals surface area (Å²) < 4.78 is 5.51. The lowest BCUT2D eigenvalue weighted by Crippen LogP contribution is -2.00. The van der Waals surface area contributed by atoms with Gasteiger partial charge in [-0.3, -0.25) is 14.9 Å². The number of rotatable bonds is 10. The zero-order valence-corrected chi connectivity index (χ0v) is 11.8. The molecule has 20 heavy (non-hydrogen) atoms. The van der Waals surface area contributed by atoms with Gasteiger partial charge >= 0.3 is 0 Å². The molecule has 0 aliphatic carbocycles. The van der Waals surface area contributed by atoms with Crippen LogP contribution in [-0.2, 0) is 0 Å². The summed E-state index contributed by atoms with van der Waals surface area (Å²) in [5.74, 6) is 0.506. The van der Waals surface area contributed by atoms with Crippen molar-refractivity contribution in [2.45, 2.75) is 45.4 Å². The first-order chi connectivity index (χ1) is 9.69. The van der Waals surface area contributed by atoms with Crippen molar-refractivity contribution in [1.29, 1.82) is 0 Å². The van der Waals surface area contributed by atoms with Crippen LogP contribution in [0.5, 0.6) is 5.75 Å². The van der Waals surface area contributed by atoms with Crippen molar-refractivity contribution in [1.82, 2.24) is 0 Å². The Labute approximate surface area is 119 Å². The minimum absolute atomic E-state index is 0.0513. The van der Waals surface area contributed by atoms with Gasteiger partial charge in [0.05, 0.1) is 17.1 Å². The molecule has 0 aromatic heterocycles. The lowest BCUT2D eigenvalue weighted by molar-refractivity contribution is -0.385. The number of carbonyl (C=O) groups excluding carboxylic acids is 1. The van der Waals surface area contributed by atoms with E-state index < -0.39 is 4.92 Å². The Morgan fingerprint density at radius 1 is 1.20 bits per heavy atom. The van der Waals surface area contributed by atoms with Crippen molar-refractivity contribution >= 4 is 12.0 Å². The van der Waals surface area contributed by atoms with Crippen LogP contribution in [0.4, 0.5) is 5.69 Å². The van der Waals surface area contributed by atoms with Crippen molar-refractivity contribution in [2.75, 3.05) is 6.61 Å². The summed E-state index contributed by atoms with van der Waals surface area (Å²) in [5, 5.41) is 10.7. The number of hydrogen-bond acceptors (Lipinski definition) is 4. The lowest BCUT2D eigenvalue weighted by Gasteiger charge is -2.06. The van der Waals surface area contributed by atoms with Gasteiger partial charge in [0.25, 0.3) is 5.69 Å². The molecule has 0 aliphatic heterocycles. The Morgan fingerprint density at radius 3 is 2.55 bits per heavy atom. The number of aldehydes is 1. The highest BCUT2D eigenvalue weighted by molar-refractivity contribution is 5.82. The van der Waals surface area contributed by atoms with Crippen molar-refractivity contribution in [3.8, 4) is 5.75 Å². The van der Waals surface area contributed by atoms with E-state index in [-0.39, 0.29) is 11.3 Å². The molecule has 0 saturated carbocycles. The lowest BCUT2D eigenvalue weighted by atomic mass is 10.1. The minimum atomic E-state index is -0.568. The molecule has 0 radical (unpaired) electrons. The molecule has 0 heterocycles. The fourth-order valence-corrected chi connectivity index (χ4v) is 1.96. The topological polar surface area (TPSA) is 69.4 Å². The maximum atomic E-state index is 10.8. The van der Waals surface area contributed by atoms with Crippen LogP contribution < -0.4 is 4.74 Å². The van der Waals surface area contributed by atoms with E-state index in [0.717, 1.165) is 12.8 Å². The standard InChI is InChI=1S/C15H21NO4/c1-2-3-4-5-6-7-10-20-14-8-9-15(16(18)19)13(11-14)12-17/h8-9,11-12H,2-7,10H2,1H3. The van der Waals surface area contributed by atoms with Crippen molar-refractivity contribution in [2.24, 2.45) is 0 Å². The van der Waals surface area contributed by atoms with Gasteiger partial charge in [-0.05, 0) is 18.6 Å². The molecule has 1 aromatic carbocycles. The largest absolute Gasteiger partial charge is 0.494 e. The first kappa shape index (κ1) is 16.1. The van der Waals surface area contributed by atoms with Gasteiger partial charge < -0.3 is 4.74 Å². The number of nitro benzene ring substituents is 1.